The Morgan fingerprint density at radius 2 is 2.08 bits per heavy atom. The first kappa shape index (κ1) is 21.3. The third-order valence-electron chi connectivity index (χ3n) is 3.51. The van der Waals surface area contributed by atoms with Crippen LogP contribution in [0.5, 0.6) is 0 Å². The molecule has 1 atom stereocenters. The van der Waals surface area contributed by atoms with Crippen LogP contribution in [0.15, 0.2) is 35.1 Å². The highest BCUT2D eigenvalue weighted by atomic mass is 35.5. The Hall–Kier alpha value is -2.78. The van der Waals surface area contributed by atoms with Crippen molar-refractivity contribution in [1.82, 2.24) is 15.1 Å². The van der Waals surface area contributed by atoms with Gasteiger partial charge in [-0.15, -0.1) is 12.4 Å². The van der Waals surface area contributed by atoms with Gasteiger partial charge in [-0.1, -0.05) is 12.1 Å². The zero-order valence-corrected chi connectivity index (χ0v) is 15.2. The van der Waals surface area contributed by atoms with Gasteiger partial charge in [-0.25, -0.2) is 4.68 Å². The maximum absolute atomic E-state index is 12.2. The molecule has 1 aromatic heterocycles. The summed E-state index contributed by atoms with van der Waals surface area (Å²) in [4.78, 5) is 34.9. The van der Waals surface area contributed by atoms with E-state index >= 15 is 0 Å². The van der Waals surface area contributed by atoms with Crippen molar-refractivity contribution in [3.8, 4) is 5.69 Å². The number of carbonyl (C=O) groups is 1. The molecule has 9 nitrogen and oxygen atoms in total. The first-order chi connectivity index (χ1) is 11.8. The molecular formula is C16H20ClN5O4. The molecule has 10 heteroatoms. The van der Waals surface area contributed by atoms with Gasteiger partial charge in [-0.05, 0) is 26.3 Å². The fraction of sp³-hybridized carbons (Fsp3) is 0.312. The van der Waals surface area contributed by atoms with Crippen LogP contribution in [0.3, 0.4) is 0 Å². The molecule has 0 saturated heterocycles. The number of benzene rings is 1. The quantitative estimate of drug-likeness (QED) is 0.573. The van der Waals surface area contributed by atoms with Crippen LogP contribution in [-0.4, -0.2) is 33.2 Å². The number of carbonyl (C=O) groups excluding carboxylic acids is 1. The van der Waals surface area contributed by atoms with Crippen LogP contribution in [0.4, 0.5) is 5.69 Å². The van der Waals surface area contributed by atoms with Crippen molar-refractivity contribution in [2.75, 3.05) is 6.54 Å². The first-order valence-corrected chi connectivity index (χ1v) is 7.70. The number of para-hydroxylation sites is 2. The average Bonchev–Trinajstić information content (AvgIpc) is 2.54. The summed E-state index contributed by atoms with van der Waals surface area (Å²) in [7, 11) is 0. The number of amides is 1. The van der Waals surface area contributed by atoms with E-state index in [0.29, 0.717) is 18.7 Å². The van der Waals surface area contributed by atoms with Gasteiger partial charge in [-0.3, -0.25) is 19.7 Å². The molecule has 1 heterocycles. The molecule has 0 spiro atoms. The van der Waals surface area contributed by atoms with E-state index in [-0.39, 0.29) is 35.5 Å². The van der Waals surface area contributed by atoms with Gasteiger partial charge in [0.2, 0.25) is 5.43 Å². The number of halogens is 1. The van der Waals surface area contributed by atoms with Crippen LogP contribution in [0.1, 0.15) is 29.5 Å². The second kappa shape index (κ2) is 9.07. The molecule has 2 aromatic rings. The lowest BCUT2D eigenvalue weighted by Crippen LogP contribution is -2.34. The number of hydrogen-bond donors (Lipinski definition) is 2. The fourth-order valence-corrected chi connectivity index (χ4v) is 2.24. The van der Waals surface area contributed by atoms with Crippen molar-refractivity contribution in [1.29, 1.82) is 0 Å². The molecule has 0 saturated carbocycles. The summed E-state index contributed by atoms with van der Waals surface area (Å²) in [6.45, 7) is 3.69. The van der Waals surface area contributed by atoms with E-state index in [9.17, 15) is 19.7 Å². The van der Waals surface area contributed by atoms with Crippen molar-refractivity contribution in [3.05, 3.63) is 62.1 Å². The summed E-state index contributed by atoms with van der Waals surface area (Å²) in [6.07, 6.45) is 0.552. The van der Waals surface area contributed by atoms with Crippen molar-refractivity contribution in [3.63, 3.8) is 0 Å². The van der Waals surface area contributed by atoms with Gasteiger partial charge in [0.25, 0.3) is 11.6 Å². The van der Waals surface area contributed by atoms with E-state index in [1.165, 1.54) is 28.9 Å². The fourth-order valence-electron chi connectivity index (χ4n) is 2.24. The Morgan fingerprint density at radius 3 is 2.69 bits per heavy atom. The van der Waals surface area contributed by atoms with E-state index in [4.69, 9.17) is 5.73 Å². The highest BCUT2D eigenvalue weighted by Gasteiger charge is 2.19. The number of aromatic nitrogens is 2. The predicted octanol–water partition coefficient (Wildman–Crippen LogP) is 1.34. The molecule has 1 aromatic carbocycles. The minimum atomic E-state index is -0.641. The minimum absolute atomic E-state index is 0. The molecule has 0 fully saturated rings. The van der Waals surface area contributed by atoms with Gasteiger partial charge in [0, 0.05) is 30.4 Å². The molecule has 1 unspecified atom stereocenters. The number of nitrogens with two attached hydrogens (primary N) is 1. The summed E-state index contributed by atoms with van der Waals surface area (Å²) >= 11 is 0. The van der Waals surface area contributed by atoms with Crippen molar-refractivity contribution >= 4 is 24.0 Å². The van der Waals surface area contributed by atoms with E-state index in [1.807, 2.05) is 0 Å². The number of rotatable bonds is 6. The minimum Gasteiger partial charge on any atom is -0.350 e. The maximum atomic E-state index is 12.2. The zero-order chi connectivity index (χ0) is 18.6. The Balaban J connectivity index is 0.00000338. The molecule has 26 heavy (non-hydrogen) atoms. The third kappa shape index (κ3) is 4.87. The SMILES string of the molecule is Cc1cc(=O)c(C(=O)NCCC(C)N)nn1-c1ccccc1[N+](=O)[O-].Cl. The summed E-state index contributed by atoms with van der Waals surface area (Å²) in [5.74, 6) is -0.641. The summed E-state index contributed by atoms with van der Waals surface area (Å²) in [6, 6.07) is 7.11. The standard InChI is InChI=1S/C16H19N5O4.ClH/c1-10(17)7-8-18-16(23)15-14(22)9-11(2)20(19-15)12-5-3-4-6-13(12)21(24)25;/h3-6,9-10H,7-8,17H2,1-2H3,(H,18,23);1H. The third-order valence-corrected chi connectivity index (χ3v) is 3.51. The predicted molar refractivity (Wildman–Crippen MR) is 99.1 cm³/mol. The molecule has 0 aliphatic rings. The van der Waals surface area contributed by atoms with Gasteiger partial charge in [0.1, 0.15) is 5.69 Å². The molecule has 0 aliphatic heterocycles. The second-order valence-corrected chi connectivity index (χ2v) is 5.68. The number of nitro groups is 1. The molecule has 0 aliphatic carbocycles. The summed E-state index contributed by atoms with van der Waals surface area (Å²) in [5, 5.41) is 17.8. The monoisotopic (exact) mass is 381 g/mol. The van der Waals surface area contributed by atoms with Crippen molar-refractivity contribution in [2.45, 2.75) is 26.3 Å². The van der Waals surface area contributed by atoms with Gasteiger partial charge >= 0.3 is 0 Å². The molecular weight excluding hydrogens is 362 g/mol. The number of aryl methyl sites for hydroxylation is 1. The van der Waals surface area contributed by atoms with Gasteiger partial charge < -0.3 is 11.1 Å². The second-order valence-electron chi connectivity index (χ2n) is 5.68. The van der Waals surface area contributed by atoms with Gasteiger partial charge in [0.15, 0.2) is 5.69 Å². The Labute approximate surface area is 155 Å². The van der Waals surface area contributed by atoms with Gasteiger partial charge in [-0.2, -0.15) is 5.10 Å². The number of nitrogens with zero attached hydrogens (tertiary/aromatic N) is 3. The summed E-state index contributed by atoms with van der Waals surface area (Å²) in [5.41, 5.74) is 5.12. The summed E-state index contributed by atoms with van der Waals surface area (Å²) < 4.78 is 1.22. The number of nitrogens with one attached hydrogen (secondary N) is 1. The molecule has 0 radical (unpaired) electrons. The van der Waals surface area contributed by atoms with E-state index in [0.717, 1.165) is 0 Å². The Morgan fingerprint density at radius 1 is 1.42 bits per heavy atom. The Kier molecular flexibility index (Phi) is 7.41. The first-order valence-electron chi connectivity index (χ1n) is 7.70. The van der Waals surface area contributed by atoms with Gasteiger partial charge in [0.05, 0.1) is 4.92 Å². The van der Waals surface area contributed by atoms with E-state index < -0.39 is 16.3 Å². The zero-order valence-electron chi connectivity index (χ0n) is 14.3. The molecule has 1 amide bonds. The van der Waals surface area contributed by atoms with Crippen molar-refractivity contribution in [2.24, 2.45) is 5.73 Å². The Bertz CT molecular complexity index is 866. The van der Waals surface area contributed by atoms with E-state index in [2.05, 4.69) is 10.4 Å². The number of hydrogen-bond acceptors (Lipinski definition) is 6. The molecule has 3 N–H and O–H groups in total. The normalized spacial score (nSPS) is 11.3. The average molecular weight is 382 g/mol. The van der Waals surface area contributed by atoms with Crippen LogP contribution < -0.4 is 16.5 Å². The molecule has 2 rings (SSSR count). The number of nitro benzene ring substituents is 1. The lowest BCUT2D eigenvalue weighted by molar-refractivity contribution is -0.384. The van der Waals surface area contributed by atoms with Crippen LogP contribution >= 0.6 is 12.4 Å². The van der Waals surface area contributed by atoms with Crippen molar-refractivity contribution < 1.29 is 9.72 Å². The molecule has 0 bridgehead atoms. The highest BCUT2D eigenvalue weighted by Crippen LogP contribution is 2.22. The largest absolute Gasteiger partial charge is 0.350 e. The van der Waals surface area contributed by atoms with Crippen LogP contribution in [0.25, 0.3) is 5.69 Å². The lowest BCUT2D eigenvalue weighted by atomic mass is 10.2. The van der Waals surface area contributed by atoms with Crippen LogP contribution in [0, 0.1) is 17.0 Å². The van der Waals surface area contributed by atoms with E-state index in [1.54, 1.807) is 19.9 Å². The highest BCUT2D eigenvalue weighted by molar-refractivity contribution is 5.92. The lowest BCUT2D eigenvalue weighted by Gasteiger charge is -2.12. The maximum Gasteiger partial charge on any atom is 0.294 e. The topological polar surface area (TPSA) is 133 Å². The molecule has 140 valence electrons. The van der Waals surface area contributed by atoms with Crippen LogP contribution in [0.2, 0.25) is 0 Å². The van der Waals surface area contributed by atoms with Crippen LogP contribution in [-0.2, 0) is 0 Å². The smallest absolute Gasteiger partial charge is 0.294 e.